The van der Waals surface area contributed by atoms with Gasteiger partial charge in [-0.3, -0.25) is 9.89 Å². The quantitative estimate of drug-likeness (QED) is 0.301. The Bertz CT molecular complexity index is 898. The third-order valence-electron chi connectivity index (χ3n) is 5.21. The SMILES string of the molecule is CCN=C(NC(CC)CS(=O)(=O)c1ccccc1)N1CCN(Cc2ccon2)CC1.I. The van der Waals surface area contributed by atoms with E-state index in [1.165, 1.54) is 0 Å². The van der Waals surface area contributed by atoms with Gasteiger partial charge in [0, 0.05) is 51.4 Å². The number of hydrogen-bond acceptors (Lipinski definition) is 6. The summed E-state index contributed by atoms with van der Waals surface area (Å²) < 4.78 is 30.5. The van der Waals surface area contributed by atoms with Crippen molar-refractivity contribution in [2.75, 3.05) is 38.5 Å². The molecule has 0 saturated carbocycles. The molecule has 1 aliphatic heterocycles. The van der Waals surface area contributed by atoms with Crippen LogP contribution in [0.25, 0.3) is 0 Å². The van der Waals surface area contributed by atoms with Crippen molar-refractivity contribution in [3.05, 3.63) is 48.4 Å². The first-order chi connectivity index (χ1) is 14.5. The lowest BCUT2D eigenvalue weighted by Gasteiger charge is -2.37. The van der Waals surface area contributed by atoms with Crippen LogP contribution < -0.4 is 5.32 Å². The molecule has 0 aliphatic carbocycles. The number of nitrogens with one attached hydrogen (secondary N) is 1. The minimum atomic E-state index is -3.36. The fourth-order valence-electron chi connectivity index (χ4n) is 3.49. The van der Waals surface area contributed by atoms with Crippen LogP contribution in [0.15, 0.2) is 57.1 Å². The molecule has 8 nitrogen and oxygen atoms in total. The van der Waals surface area contributed by atoms with Crippen LogP contribution >= 0.6 is 24.0 Å². The van der Waals surface area contributed by atoms with E-state index >= 15 is 0 Å². The van der Waals surface area contributed by atoms with E-state index in [9.17, 15) is 8.42 Å². The molecule has 1 aromatic heterocycles. The molecule has 1 unspecified atom stereocenters. The maximum absolute atomic E-state index is 12.8. The van der Waals surface area contributed by atoms with Crippen molar-refractivity contribution >= 4 is 39.8 Å². The van der Waals surface area contributed by atoms with Gasteiger partial charge in [-0.1, -0.05) is 30.3 Å². The van der Waals surface area contributed by atoms with E-state index in [1.54, 1.807) is 30.5 Å². The highest BCUT2D eigenvalue weighted by atomic mass is 127. The number of benzene rings is 1. The number of piperazine rings is 1. The zero-order valence-electron chi connectivity index (χ0n) is 18.1. The first-order valence-electron chi connectivity index (χ1n) is 10.5. The standard InChI is InChI=1S/C21H31N5O3S.HI/c1-3-18(17-30(27,28)20-8-6-5-7-9-20)23-21(22-4-2)26-13-11-25(12-14-26)16-19-10-15-29-24-19;/h5-10,15,18H,3-4,11-14,16-17H2,1-2H3,(H,22,23);1H. The molecule has 10 heteroatoms. The number of halogens is 1. The molecule has 31 heavy (non-hydrogen) atoms. The Balaban J connectivity index is 0.00000341. The van der Waals surface area contributed by atoms with Gasteiger partial charge in [-0.15, -0.1) is 24.0 Å². The number of sulfone groups is 1. The van der Waals surface area contributed by atoms with E-state index in [1.807, 2.05) is 26.0 Å². The lowest BCUT2D eigenvalue weighted by molar-refractivity contribution is 0.168. The van der Waals surface area contributed by atoms with Gasteiger partial charge in [0.2, 0.25) is 0 Å². The molecule has 2 heterocycles. The Labute approximate surface area is 202 Å². The van der Waals surface area contributed by atoms with Gasteiger partial charge in [-0.2, -0.15) is 0 Å². The van der Waals surface area contributed by atoms with E-state index in [0.717, 1.165) is 44.4 Å². The van der Waals surface area contributed by atoms with Gasteiger partial charge in [0.1, 0.15) is 6.26 Å². The Morgan fingerprint density at radius 1 is 1.16 bits per heavy atom. The van der Waals surface area contributed by atoms with Crippen molar-refractivity contribution in [3.63, 3.8) is 0 Å². The minimum absolute atomic E-state index is 0. The molecule has 1 saturated heterocycles. The van der Waals surface area contributed by atoms with Crippen molar-refractivity contribution in [2.45, 2.75) is 37.8 Å². The Hall–Kier alpha value is -1.66. The van der Waals surface area contributed by atoms with Crippen LogP contribution in [-0.4, -0.2) is 73.9 Å². The Morgan fingerprint density at radius 3 is 2.45 bits per heavy atom. The largest absolute Gasteiger partial charge is 0.364 e. The van der Waals surface area contributed by atoms with Gasteiger partial charge in [0.05, 0.1) is 16.3 Å². The highest BCUT2D eigenvalue weighted by Crippen LogP contribution is 2.13. The molecule has 0 amide bonds. The Kier molecular flexibility index (Phi) is 10.2. The number of nitrogens with zero attached hydrogens (tertiary/aromatic N) is 4. The van der Waals surface area contributed by atoms with Crippen LogP contribution in [0.4, 0.5) is 0 Å². The number of aliphatic imine (C=N–C) groups is 1. The summed E-state index contributed by atoms with van der Waals surface area (Å²) in [5.41, 5.74) is 0.932. The molecule has 1 fully saturated rings. The maximum Gasteiger partial charge on any atom is 0.194 e. The summed E-state index contributed by atoms with van der Waals surface area (Å²) in [5.74, 6) is 0.830. The average molecular weight is 561 g/mol. The van der Waals surface area contributed by atoms with Crippen molar-refractivity contribution in [2.24, 2.45) is 4.99 Å². The van der Waals surface area contributed by atoms with Gasteiger partial charge < -0.3 is 14.7 Å². The van der Waals surface area contributed by atoms with Crippen molar-refractivity contribution in [3.8, 4) is 0 Å². The van der Waals surface area contributed by atoms with E-state index in [2.05, 4.69) is 25.3 Å². The summed E-state index contributed by atoms with van der Waals surface area (Å²) in [4.78, 5) is 9.53. The Morgan fingerprint density at radius 2 is 1.87 bits per heavy atom. The monoisotopic (exact) mass is 561 g/mol. The van der Waals surface area contributed by atoms with Crippen LogP contribution in [0.5, 0.6) is 0 Å². The summed E-state index contributed by atoms with van der Waals surface area (Å²) in [6.07, 6.45) is 2.29. The van der Waals surface area contributed by atoms with Crippen LogP contribution in [0.3, 0.4) is 0 Å². The number of guanidine groups is 1. The van der Waals surface area contributed by atoms with E-state index in [0.29, 0.717) is 17.9 Å². The zero-order valence-corrected chi connectivity index (χ0v) is 21.3. The molecule has 172 valence electrons. The predicted octanol–water partition coefficient (Wildman–Crippen LogP) is 2.63. The van der Waals surface area contributed by atoms with Gasteiger partial charge in [-0.05, 0) is 25.5 Å². The lowest BCUT2D eigenvalue weighted by Crippen LogP contribution is -2.54. The van der Waals surface area contributed by atoms with Crippen LogP contribution in [-0.2, 0) is 16.4 Å². The van der Waals surface area contributed by atoms with Crippen LogP contribution in [0, 0.1) is 0 Å². The second kappa shape index (κ2) is 12.4. The van der Waals surface area contributed by atoms with E-state index in [4.69, 9.17) is 4.52 Å². The zero-order chi connectivity index (χ0) is 21.4. The first kappa shape index (κ1) is 25.6. The van der Waals surface area contributed by atoms with E-state index < -0.39 is 9.84 Å². The van der Waals surface area contributed by atoms with Crippen molar-refractivity contribution in [1.29, 1.82) is 0 Å². The smallest absolute Gasteiger partial charge is 0.194 e. The van der Waals surface area contributed by atoms with E-state index in [-0.39, 0.29) is 35.8 Å². The van der Waals surface area contributed by atoms with Crippen molar-refractivity contribution in [1.82, 2.24) is 20.3 Å². The molecule has 1 N–H and O–H groups in total. The van der Waals surface area contributed by atoms with Gasteiger partial charge in [-0.25, -0.2) is 8.42 Å². The summed E-state index contributed by atoms with van der Waals surface area (Å²) in [5, 5.41) is 7.39. The van der Waals surface area contributed by atoms with Gasteiger partial charge >= 0.3 is 0 Å². The summed E-state index contributed by atoms with van der Waals surface area (Å²) in [6, 6.07) is 10.3. The number of rotatable bonds is 8. The second-order valence-corrected chi connectivity index (χ2v) is 9.43. The molecule has 0 bridgehead atoms. The second-order valence-electron chi connectivity index (χ2n) is 7.40. The van der Waals surface area contributed by atoms with Gasteiger partial charge in [0.25, 0.3) is 0 Å². The third-order valence-corrected chi connectivity index (χ3v) is 7.04. The van der Waals surface area contributed by atoms with Crippen molar-refractivity contribution < 1.29 is 12.9 Å². The molecule has 1 aromatic carbocycles. The molecule has 1 aliphatic rings. The average Bonchev–Trinajstić information content (AvgIpc) is 3.27. The number of aromatic nitrogens is 1. The van der Waals surface area contributed by atoms with Gasteiger partial charge in [0.15, 0.2) is 15.8 Å². The summed E-state index contributed by atoms with van der Waals surface area (Å²) >= 11 is 0. The minimum Gasteiger partial charge on any atom is -0.364 e. The topological polar surface area (TPSA) is 91.0 Å². The molecule has 1 atom stereocenters. The fraction of sp³-hybridized carbons (Fsp3) is 0.524. The maximum atomic E-state index is 12.8. The normalized spacial score (nSPS) is 16.6. The predicted molar refractivity (Wildman–Crippen MR) is 132 cm³/mol. The lowest BCUT2D eigenvalue weighted by atomic mass is 10.2. The molecular weight excluding hydrogens is 529 g/mol. The molecule has 0 spiro atoms. The summed E-state index contributed by atoms with van der Waals surface area (Å²) in [6.45, 7) is 8.82. The molecular formula is C21H32IN5O3S. The molecule has 2 aromatic rings. The van der Waals surface area contributed by atoms with Crippen LogP contribution in [0.2, 0.25) is 0 Å². The highest BCUT2D eigenvalue weighted by Gasteiger charge is 2.25. The van der Waals surface area contributed by atoms with Crippen LogP contribution in [0.1, 0.15) is 26.0 Å². The third kappa shape index (κ3) is 7.46. The molecule has 0 radical (unpaired) electrons. The fourth-order valence-corrected chi connectivity index (χ4v) is 5.10. The highest BCUT2D eigenvalue weighted by molar-refractivity contribution is 14.0. The molecule has 3 rings (SSSR count). The summed E-state index contributed by atoms with van der Waals surface area (Å²) in [7, 11) is -3.36. The first-order valence-corrected chi connectivity index (χ1v) is 12.1. The number of hydrogen-bond donors (Lipinski definition) is 1.